The zero-order valence-electron chi connectivity index (χ0n) is 14.1. The average molecular weight is 348 g/mol. The molecule has 2 aromatic carbocycles. The summed E-state index contributed by atoms with van der Waals surface area (Å²) in [4.78, 5) is 12.0. The van der Waals surface area contributed by atoms with Gasteiger partial charge in [-0.15, -0.1) is 0 Å². The lowest BCUT2D eigenvalue weighted by Crippen LogP contribution is -2.87. The van der Waals surface area contributed by atoms with Gasteiger partial charge < -0.3 is 15.4 Å². The highest BCUT2D eigenvalue weighted by molar-refractivity contribution is 6.30. The maximum Gasteiger partial charge on any atom is 0.275 e. The first-order valence-corrected chi connectivity index (χ1v) is 8.45. The van der Waals surface area contributed by atoms with Crippen molar-refractivity contribution in [1.29, 1.82) is 0 Å². The van der Waals surface area contributed by atoms with E-state index in [1.54, 1.807) is 7.11 Å². The molecule has 5 heteroatoms. The molecule has 0 fully saturated rings. The van der Waals surface area contributed by atoms with Crippen molar-refractivity contribution in [2.75, 3.05) is 20.2 Å². The lowest BCUT2D eigenvalue weighted by molar-refractivity contribution is -0.682. The highest BCUT2D eigenvalue weighted by Gasteiger charge is 2.11. The number of nitrogens with two attached hydrogens (primary N) is 1. The van der Waals surface area contributed by atoms with Crippen LogP contribution >= 0.6 is 11.6 Å². The lowest BCUT2D eigenvalue weighted by Gasteiger charge is -2.12. The Bertz CT molecular complexity index is 659. The van der Waals surface area contributed by atoms with Gasteiger partial charge in [-0.05, 0) is 37.1 Å². The maximum absolute atomic E-state index is 12.0. The fourth-order valence-electron chi connectivity index (χ4n) is 2.50. The number of para-hydroxylation sites is 1. The van der Waals surface area contributed by atoms with Crippen LogP contribution in [0.25, 0.3) is 0 Å². The smallest absolute Gasteiger partial charge is 0.275 e. The van der Waals surface area contributed by atoms with Crippen molar-refractivity contribution in [3.63, 3.8) is 0 Å². The summed E-state index contributed by atoms with van der Waals surface area (Å²) in [6.45, 7) is 3.07. The zero-order chi connectivity index (χ0) is 17.4. The predicted octanol–water partition coefficient (Wildman–Crippen LogP) is 2.33. The molecule has 1 atom stereocenters. The Morgan fingerprint density at radius 2 is 1.92 bits per heavy atom. The molecule has 2 rings (SSSR count). The molecule has 4 nitrogen and oxygen atoms in total. The summed E-state index contributed by atoms with van der Waals surface area (Å²) in [6, 6.07) is 15.8. The van der Waals surface area contributed by atoms with Crippen LogP contribution in [-0.2, 0) is 11.2 Å². The van der Waals surface area contributed by atoms with E-state index in [1.165, 1.54) is 0 Å². The first kappa shape index (κ1) is 18.3. The Morgan fingerprint density at radius 1 is 1.21 bits per heavy atom. The van der Waals surface area contributed by atoms with Crippen LogP contribution in [0.2, 0.25) is 5.02 Å². The summed E-state index contributed by atoms with van der Waals surface area (Å²) in [5.74, 6) is 0.889. The van der Waals surface area contributed by atoms with Gasteiger partial charge in [-0.3, -0.25) is 4.79 Å². The number of benzene rings is 2. The van der Waals surface area contributed by atoms with Gasteiger partial charge in [0.1, 0.15) is 11.8 Å². The number of methoxy groups -OCH3 is 1. The van der Waals surface area contributed by atoms with Gasteiger partial charge in [-0.2, -0.15) is 0 Å². The standard InChI is InChI=1S/C19H23ClN2O2/c1-14(15-7-9-17(20)10-8-15)22-13-19(23)21-12-11-16-5-3-4-6-18(16)24-2/h3-10,14,22H,11-13H2,1-2H3,(H,21,23)/p+1/t14-/m0/s1. The van der Waals surface area contributed by atoms with Gasteiger partial charge >= 0.3 is 0 Å². The first-order valence-electron chi connectivity index (χ1n) is 8.07. The van der Waals surface area contributed by atoms with E-state index >= 15 is 0 Å². The fourth-order valence-corrected chi connectivity index (χ4v) is 2.63. The molecule has 24 heavy (non-hydrogen) atoms. The Kier molecular flexibility index (Phi) is 7.09. The third-order valence-corrected chi connectivity index (χ3v) is 4.21. The Morgan fingerprint density at radius 3 is 2.62 bits per heavy atom. The van der Waals surface area contributed by atoms with Gasteiger partial charge in [0.2, 0.25) is 0 Å². The summed E-state index contributed by atoms with van der Waals surface area (Å²) in [7, 11) is 1.66. The molecule has 0 saturated carbocycles. The molecule has 2 aromatic rings. The number of halogens is 1. The average Bonchev–Trinajstić information content (AvgIpc) is 2.60. The van der Waals surface area contributed by atoms with Crippen molar-refractivity contribution in [2.24, 2.45) is 0 Å². The number of amides is 1. The summed E-state index contributed by atoms with van der Waals surface area (Å²) in [6.07, 6.45) is 0.752. The topological polar surface area (TPSA) is 54.9 Å². The molecule has 1 amide bonds. The number of hydrogen-bond donors (Lipinski definition) is 2. The molecule has 0 spiro atoms. The van der Waals surface area contributed by atoms with Crippen LogP contribution in [0.4, 0.5) is 0 Å². The van der Waals surface area contributed by atoms with Crippen LogP contribution in [0.1, 0.15) is 24.1 Å². The normalized spacial score (nSPS) is 11.8. The minimum absolute atomic E-state index is 0.0331. The van der Waals surface area contributed by atoms with Gasteiger partial charge in [0.25, 0.3) is 5.91 Å². The Hall–Kier alpha value is -2.04. The molecule has 128 valence electrons. The van der Waals surface area contributed by atoms with Gasteiger partial charge in [-0.1, -0.05) is 41.9 Å². The summed E-state index contributed by atoms with van der Waals surface area (Å²) in [5, 5.41) is 5.69. The van der Waals surface area contributed by atoms with Crippen LogP contribution < -0.4 is 15.4 Å². The van der Waals surface area contributed by atoms with Crippen LogP contribution in [0.5, 0.6) is 5.75 Å². The SMILES string of the molecule is COc1ccccc1CCNC(=O)C[NH2+][C@@H](C)c1ccc(Cl)cc1. The van der Waals surface area contributed by atoms with Crippen LogP contribution in [0.3, 0.4) is 0 Å². The van der Waals surface area contributed by atoms with Crippen molar-refractivity contribution in [1.82, 2.24) is 5.32 Å². The number of ether oxygens (including phenoxy) is 1. The second-order valence-electron chi connectivity index (χ2n) is 5.69. The van der Waals surface area contributed by atoms with E-state index in [2.05, 4.69) is 12.2 Å². The quantitative estimate of drug-likeness (QED) is 0.770. The molecule has 0 aliphatic heterocycles. The maximum atomic E-state index is 12.0. The molecular weight excluding hydrogens is 324 g/mol. The number of quaternary nitrogens is 1. The van der Waals surface area contributed by atoms with Gasteiger partial charge in [-0.25, -0.2) is 0 Å². The van der Waals surface area contributed by atoms with Crippen LogP contribution in [0, 0.1) is 0 Å². The highest BCUT2D eigenvalue weighted by atomic mass is 35.5. The third-order valence-electron chi connectivity index (χ3n) is 3.96. The van der Waals surface area contributed by atoms with E-state index in [1.807, 2.05) is 53.8 Å². The highest BCUT2D eigenvalue weighted by Crippen LogP contribution is 2.17. The van der Waals surface area contributed by atoms with Crippen LogP contribution in [-0.4, -0.2) is 26.1 Å². The molecule has 0 aromatic heterocycles. The van der Waals surface area contributed by atoms with E-state index in [-0.39, 0.29) is 11.9 Å². The largest absolute Gasteiger partial charge is 0.496 e. The zero-order valence-corrected chi connectivity index (χ0v) is 14.8. The van der Waals surface area contributed by atoms with Crippen molar-refractivity contribution < 1.29 is 14.8 Å². The summed E-state index contributed by atoms with van der Waals surface area (Å²) >= 11 is 5.89. The molecule has 0 saturated heterocycles. The summed E-state index contributed by atoms with van der Waals surface area (Å²) < 4.78 is 5.31. The van der Waals surface area contributed by atoms with Crippen molar-refractivity contribution >= 4 is 17.5 Å². The molecule has 0 aliphatic rings. The fraction of sp³-hybridized carbons (Fsp3) is 0.316. The van der Waals surface area contributed by atoms with E-state index in [9.17, 15) is 4.79 Å². The molecular formula is C19H24ClN2O2+. The Labute approximate surface area is 148 Å². The minimum atomic E-state index is 0.0331. The van der Waals surface area contributed by atoms with E-state index in [4.69, 9.17) is 16.3 Å². The Balaban J connectivity index is 1.72. The van der Waals surface area contributed by atoms with E-state index in [0.29, 0.717) is 13.1 Å². The monoisotopic (exact) mass is 347 g/mol. The van der Waals surface area contributed by atoms with Crippen LogP contribution in [0.15, 0.2) is 48.5 Å². The molecule has 3 N–H and O–H groups in total. The molecule has 0 radical (unpaired) electrons. The second kappa shape index (κ2) is 9.30. The summed E-state index contributed by atoms with van der Waals surface area (Å²) in [5.41, 5.74) is 2.25. The molecule has 0 aliphatic carbocycles. The third kappa shape index (κ3) is 5.55. The van der Waals surface area contributed by atoms with E-state index in [0.717, 1.165) is 28.3 Å². The number of carbonyl (C=O) groups excluding carboxylic acids is 1. The second-order valence-corrected chi connectivity index (χ2v) is 6.13. The van der Waals surface area contributed by atoms with E-state index < -0.39 is 0 Å². The van der Waals surface area contributed by atoms with Crippen molar-refractivity contribution in [3.8, 4) is 5.75 Å². The van der Waals surface area contributed by atoms with Crippen molar-refractivity contribution in [3.05, 3.63) is 64.7 Å². The molecule has 0 heterocycles. The lowest BCUT2D eigenvalue weighted by atomic mass is 10.1. The first-order chi connectivity index (χ1) is 11.6. The molecule has 0 bridgehead atoms. The minimum Gasteiger partial charge on any atom is -0.496 e. The number of hydrogen-bond acceptors (Lipinski definition) is 2. The predicted molar refractivity (Wildman–Crippen MR) is 96.4 cm³/mol. The van der Waals surface area contributed by atoms with Gasteiger partial charge in [0.15, 0.2) is 6.54 Å². The number of nitrogens with one attached hydrogen (secondary N) is 1. The number of carbonyl (C=O) groups is 1. The van der Waals surface area contributed by atoms with Crippen molar-refractivity contribution in [2.45, 2.75) is 19.4 Å². The van der Waals surface area contributed by atoms with Gasteiger partial charge in [0.05, 0.1) is 7.11 Å². The van der Waals surface area contributed by atoms with Gasteiger partial charge in [0, 0.05) is 17.1 Å². The molecule has 0 unspecified atom stereocenters. The number of rotatable bonds is 8.